The molecule has 2 nitrogen and oxygen atoms in total. The Morgan fingerprint density at radius 2 is 2.06 bits per heavy atom. The third kappa shape index (κ3) is 2.33. The van der Waals surface area contributed by atoms with E-state index in [0.717, 1.165) is 12.1 Å². The number of furan rings is 1. The van der Waals surface area contributed by atoms with Gasteiger partial charge >= 0.3 is 0 Å². The first kappa shape index (κ1) is 12.1. The highest BCUT2D eigenvalue weighted by atomic mass is 35.5. The summed E-state index contributed by atoms with van der Waals surface area (Å²) in [6.45, 7) is 0. The highest BCUT2D eigenvalue weighted by molar-refractivity contribution is 6.30. The summed E-state index contributed by atoms with van der Waals surface area (Å²) in [6.07, 6.45) is 1.48. The van der Waals surface area contributed by atoms with Crippen molar-refractivity contribution in [1.29, 1.82) is 0 Å². The highest BCUT2D eigenvalue weighted by Crippen LogP contribution is 2.28. The van der Waals surface area contributed by atoms with E-state index in [4.69, 9.17) is 16.0 Å². The van der Waals surface area contributed by atoms with Gasteiger partial charge in [-0.15, -0.1) is 0 Å². The topological polar surface area (TPSA) is 25.2 Å². The van der Waals surface area contributed by atoms with Crippen molar-refractivity contribution in [2.24, 2.45) is 0 Å². The Morgan fingerprint density at radius 1 is 1.29 bits per heavy atom. The van der Waals surface area contributed by atoms with E-state index in [1.165, 1.54) is 6.26 Å². The summed E-state index contributed by atoms with van der Waals surface area (Å²) in [5.74, 6) is -0.727. The Morgan fingerprint density at radius 3 is 2.65 bits per heavy atom. The largest absolute Gasteiger partial charge is 0.467 e. The second kappa shape index (κ2) is 4.85. The van der Waals surface area contributed by atoms with Gasteiger partial charge in [-0.25, -0.2) is 8.78 Å². The molecule has 5 heteroatoms. The van der Waals surface area contributed by atoms with Gasteiger partial charge in [-0.1, -0.05) is 11.6 Å². The maximum Gasteiger partial charge on any atom is 0.142 e. The van der Waals surface area contributed by atoms with Crippen molar-refractivity contribution in [3.8, 4) is 0 Å². The van der Waals surface area contributed by atoms with Crippen LogP contribution in [0.5, 0.6) is 0 Å². The number of hydrogen-bond acceptors (Lipinski definition) is 2. The van der Waals surface area contributed by atoms with Crippen LogP contribution in [0.4, 0.5) is 8.78 Å². The average Bonchev–Trinajstić information content (AvgIpc) is 2.80. The summed E-state index contributed by atoms with van der Waals surface area (Å²) < 4.78 is 32.2. The Labute approximate surface area is 102 Å². The molecule has 0 amide bonds. The first-order valence-corrected chi connectivity index (χ1v) is 5.36. The van der Waals surface area contributed by atoms with E-state index in [1.807, 2.05) is 0 Å². The fourth-order valence-electron chi connectivity index (χ4n) is 1.67. The first-order chi connectivity index (χ1) is 8.13. The third-order valence-electron chi connectivity index (χ3n) is 2.47. The van der Waals surface area contributed by atoms with Gasteiger partial charge in [0, 0.05) is 5.56 Å². The lowest BCUT2D eigenvalue weighted by atomic mass is 10.0. The minimum Gasteiger partial charge on any atom is -0.467 e. The molecule has 0 saturated heterocycles. The minimum absolute atomic E-state index is 0.157. The summed E-state index contributed by atoms with van der Waals surface area (Å²) in [5.41, 5.74) is 0.157. The number of halogens is 3. The molecule has 2 aromatic rings. The predicted molar refractivity (Wildman–Crippen MR) is 61.0 cm³/mol. The van der Waals surface area contributed by atoms with E-state index < -0.39 is 17.7 Å². The molecule has 0 aliphatic rings. The monoisotopic (exact) mass is 257 g/mol. The van der Waals surface area contributed by atoms with Crippen molar-refractivity contribution in [2.45, 2.75) is 6.04 Å². The quantitative estimate of drug-likeness (QED) is 0.851. The van der Waals surface area contributed by atoms with E-state index in [2.05, 4.69) is 5.32 Å². The number of hydrogen-bond donors (Lipinski definition) is 1. The summed E-state index contributed by atoms with van der Waals surface area (Å²) in [5, 5.41) is 2.63. The lowest BCUT2D eigenvalue weighted by Gasteiger charge is -2.15. The molecule has 0 aliphatic heterocycles. The maximum atomic E-state index is 13.7. The van der Waals surface area contributed by atoms with E-state index in [9.17, 15) is 8.78 Å². The first-order valence-electron chi connectivity index (χ1n) is 4.98. The van der Waals surface area contributed by atoms with Crippen molar-refractivity contribution in [3.63, 3.8) is 0 Å². The van der Waals surface area contributed by atoms with E-state index >= 15 is 0 Å². The minimum atomic E-state index is -0.658. The standard InChI is InChI=1S/C12H10ClF2NO/c1-16-12(11-3-2-4-17-11)7-5-10(15)8(13)6-9(7)14/h2-6,12,16H,1H3. The molecule has 1 unspecified atom stereocenters. The van der Waals surface area contributed by atoms with Crippen LogP contribution in [0.2, 0.25) is 5.02 Å². The van der Waals surface area contributed by atoms with Crippen molar-refractivity contribution in [3.05, 3.63) is 58.5 Å². The van der Waals surface area contributed by atoms with Gasteiger partial charge in [0.15, 0.2) is 0 Å². The van der Waals surface area contributed by atoms with Crippen molar-refractivity contribution in [2.75, 3.05) is 7.05 Å². The third-order valence-corrected chi connectivity index (χ3v) is 2.76. The van der Waals surface area contributed by atoms with E-state index in [0.29, 0.717) is 5.76 Å². The second-order valence-electron chi connectivity index (χ2n) is 3.52. The Bertz CT molecular complexity index is 513. The molecule has 0 saturated carbocycles. The lowest BCUT2D eigenvalue weighted by molar-refractivity contribution is 0.450. The van der Waals surface area contributed by atoms with Gasteiger partial charge in [-0.05, 0) is 31.3 Å². The maximum absolute atomic E-state index is 13.7. The predicted octanol–water partition coefficient (Wildman–Crippen LogP) is 3.52. The van der Waals surface area contributed by atoms with Crippen LogP contribution >= 0.6 is 11.6 Å². The van der Waals surface area contributed by atoms with Crippen LogP contribution in [-0.4, -0.2) is 7.05 Å². The van der Waals surface area contributed by atoms with Crippen LogP contribution in [0.25, 0.3) is 0 Å². The molecule has 0 spiro atoms. The molecule has 0 fully saturated rings. The average molecular weight is 258 g/mol. The molecule has 2 rings (SSSR count). The zero-order chi connectivity index (χ0) is 12.4. The van der Waals surface area contributed by atoms with Gasteiger partial charge in [0.25, 0.3) is 0 Å². The SMILES string of the molecule is CNC(c1ccco1)c1cc(F)c(Cl)cc1F. The lowest BCUT2D eigenvalue weighted by Crippen LogP contribution is -2.18. The Kier molecular flexibility index (Phi) is 3.45. The summed E-state index contributed by atoms with van der Waals surface area (Å²) >= 11 is 5.50. The van der Waals surface area contributed by atoms with Crippen LogP contribution in [-0.2, 0) is 0 Å². The van der Waals surface area contributed by atoms with Gasteiger partial charge in [-0.3, -0.25) is 0 Å². The van der Waals surface area contributed by atoms with E-state index in [-0.39, 0.29) is 10.6 Å². The zero-order valence-corrected chi connectivity index (χ0v) is 9.76. The van der Waals surface area contributed by atoms with Crippen LogP contribution in [0.1, 0.15) is 17.4 Å². The molecule has 1 heterocycles. The zero-order valence-electron chi connectivity index (χ0n) is 9.01. The summed E-state index contributed by atoms with van der Waals surface area (Å²) in [4.78, 5) is 0. The normalized spacial score (nSPS) is 12.7. The summed E-state index contributed by atoms with van der Waals surface area (Å²) in [7, 11) is 1.64. The van der Waals surface area contributed by atoms with E-state index in [1.54, 1.807) is 19.2 Å². The number of benzene rings is 1. The molecular formula is C12H10ClF2NO. The molecule has 17 heavy (non-hydrogen) atoms. The molecule has 0 bridgehead atoms. The molecule has 90 valence electrons. The van der Waals surface area contributed by atoms with Gasteiger partial charge in [0.2, 0.25) is 0 Å². The molecule has 1 aromatic heterocycles. The van der Waals surface area contributed by atoms with Gasteiger partial charge in [-0.2, -0.15) is 0 Å². The fraction of sp³-hybridized carbons (Fsp3) is 0.167. The Hall–Kier alpha value is -1.39. The van der Waals surface area contributed by atoms with Gasteiger partial charge in [0.1, 0.15) is 17.4 Å². The van der Waals surface area contributed by atoms with Crippen molar-refractivity contribution in [1.82, 2.24) is 5.32 Å². The number of nitrogens with one attached hydrogen (secondary N) is 1. The van der Waals surface area contributed by atoms with Crippen molar-refractivity contribution >= 4 is 11.6 Å². The molecule has 1 atom stereocenters. The molecule has 1 aromatic carbocycles. The van der Waals surface area contributed by atoms with Gasteiger partial charge < -0.3 is 9.73 Å². The van der Waals surface area contributed by atoms with Crippen LogP contribution in [0, 0.1) is 11.6 Å². The van der Waals surface area contributed by atoms with Crippen LogP contribution in [0.3, 0.4) is 0 Å². The van der Waals surface area contributed by atoms with Gasteiger partial charge in [0.05, 0.1) is 17.3 Å². The van der Waals surface area contributed by atoms with Crippen molar-refractivity contribution < 1.29 is 13.2 Å². The molecule has 0 radical (unpaired) electrons. The second-order valence-corrected chi connectivity index (χ2v) is 3.93. The molecule has 0 aliphatic carbocycles. The van der Waals surface area contributed by atoms with Crippen LogP contribution < -0.4 is 5.32 Å². The molecule has 1 N–H and O–H groups in total. The highest BCUT2D eigenvalue weighted by Gasteiger charge is 2.20. The fourth-order valence-corrected chi connectivity index (χ4v) is 1.82. The Balaban J connectivity index is 2.48. The smallest absolute Gasteiger partial charge is 0.142 e. The summed E-state index contributed by atoms with van der Waals surface area (Å²) in [6, 6.07) is 4.86. The number of rotatable bonds is 3. The van der Waals surface area contributed by atoms with Crippen LogP contribution in [0.15, 0.2) is 34.9 Å². The molecular weight excluding hydrogens is 248 g/mol.